The molecule has 0 amide bonds. The fourth-order valence-electron chi connectivity index (χ4n) is 2.94. The molecule has 1 saturated carbocycles. The minimum Gasteiger partial charge on any atom is -0.423 e. The SMILES string of the molecule is O=S(=O)(C1CC1)N1CCCN(c2nc3ccc(Cl)cc3o2)CC1. The topological polar surface area (TPSA) is 66.7 Å². The molecule has 1 aliphatic heterocycles. The molecule has 0 bridgehead atoms. The van der Waals surface area contributed by atoms with Crippen LogP contribution in [0.15, 0.2) is 22.6 Å². The van der Waals surface area contributed by atoms with E-state index in [1.165, 1.54) is 0 Å². The molecule has 8 heteroatoms. The van der Waals surface area contributed by atoms with Crippen molar-refractivity contribution in [3.8, 4) is 0 Å². The Morgan fingerprint density at radius 2 is 2.00 bits per heavy atom. The maximum Gasteiger partial charge on any atom is 0.298 e. The maximum atomic E-state index is 12.4. The van der Waals surface area contributed by atoms with Gasteiger partial charge in [-0.2, -0.15) is 9.29 Å². The third kappa shape index (κ3) is 2.93. The molecule has 0 unspecified atom stereocenters. The first-order valence-electron chi connectivity index (χ1n) is 7.84. The van der Waals surface area contributed by atoms with Crippen LogP contribution in [-0.2, 0) is 10.0 Å². The number of sulfonamides is 1. The Bertz CT molecular complexity index is 832. The molecule has 1 saturated heterocycles. The summed E-state index contributed by atoms with van der Waals surface area (Å²) in [5.74, 6) is 0. The van der Waals surface area contributed by atoms with E-state index in [0.29, 0.717) is 36.3 Å². The van der Waals surface area contributed by atoms with Crippen LogP contribution in [0.3, 0.4) is 0 Å². The standard InChI is InChI=1S/C15H18ClN3O3S/c16-11-2-5-13-14(10-11)22-15(17-13)18-6-1-7-19(9-8-18)23(20,21)12-3-4-12/h2,5,10,12H,1,3-4,6-9H2. The highest BCUT2D eigenvalue weighted by Gasteiger charge is 2.40. The summed E-state index contributed by atoms with van der Waals surface area (Å²) in [7, 11) is -3.11. The molecule has 4 rings (SSSR count). The van der Waals surface area contributed by atoms with Crippen LogP contribution in [0.2, 0.25) is 5.02 Å². The molecule has 23 heavy (non-hydrogen) atoms. The molecule has 6 nitrogen and oxygen atoms in total. The predicted octanol–water partition coefficient (Wildman–Crippen LogP) is 2.49. The average Bonchev–Trinajstić information content (AvgIpc) is 3.31. The van der Waals surface area contributed by atoms with Gasteiger partial charge in [-0.25, -0.2) is 8.42 Å². The Hall–Kier alpha value is -1.31. The van der Waals surface area contributed by atoms with Crippen molar-refractivity contribution in [2.75, 3.05) is 31.1 Å². The van der Waals surface area contributed by atoms with Gasteiger partial charge in [-0.05, 0) is 31.4 Å². The molecule has 2 aliphatic rings. The second-order valence-electron chi connectivity index (χ2n) is 6.09. The summed E-state index contributed by atoms with van der Waals surface area (Å²) in [6, 6.07) is 5.89. The zero-order valence-electron chi connectivity index (χ0n) is 12.6. The Morgan fingerprint density at radius 1 is 1.17 bits per heavy atom. The molecule has 0 radical (unpaired) electrons. The van der Waals surface area contributed by atoms with Gasteiger partial charge in [0.05, 0.1) is 5.25 Å². The van der Waals surface area contributed by atoms with Crippen molar-refractivity contribution in [1.29, 1.82) is 0 Å². The highest BCUT2D eigenvalue weighted by molar-refractivity contribution is 7.90. The molecule has 0 spiro atoms. The van der Waals surface area contributed by atoms with Crippen LogP contribution in [-0.4, -0.2) is 49.1 Å². The lowest BCUT2D eigenvalue weighted by Crippen LogP contribution is -2.37. The molecule has 2 heterocycles. The lowest BCUT2D eigenvalue weighted by Gasteiger charge is -2.20. The molecule has 0 atom stereocenters. The fourth-order valence-corrected chi connectivity index (χ4v) is 4.97. The largest absolute Gasteiger partial charge is 0.423 e. The monoisotopic (exact) mass is 355 g/mol. The summed E-state index contributed by atoms with van der Waals surface area (Å²) in [5.41, 5.74) is 1.41. The van der Waals surface area contributed by atoms with Crippen molar-refractivity contribution in [3.63, 3.8) is 0 Å². The molecular formula is C15H18ClN3O3S. The van der Waals surface area contributed by atoms with E-state index in [-0.39, 0.29) is 5.25 Å². The Balaban J connectivity index is 1.53. The number of aromatic nitrogens is 1. The molecule has 2 aromatic rings. The van der Waals surface area contributed by atoms with E-state index in [1.807, 2.05) is 11.0 Å². The Kier molecular flexibility index (Phi) is 3.74. The van der Waals surface area contributed by atoms with Gasteiger partial charge in [0.15, 0.2) is 5.58 Å². The summed E-state index contributed by atoms with van der Waals surface area (Å²) < 4.78 is 32.2. The van der Waals surface area contributed by atoms with Gasteiger partial charge in [0, 0.05) is 37.3 Å². The van der Waals surface area contributed by atoms with E-state index >= 15 is 0 Å². The fraction of sp³-hybridized carbons (Fsp3) is 0.533. The first-order valence-corrected chi connectivity index (χ1v) is 9.72. The number of nitrogens with zero attached hydrogens (tertiary/aromatic N) is 3. The van der Waals surface area contributed by atoms with Crippen molar-refractivity contribution in [2.24, 2.45) is 0 Å². The van der Waals surface area contributed by atoms with Gasteiger partial charge in [0.25, 0.3) is 6.01 Å². The van der Waals surface area contributed by atoms with Gasteiger partial charge >= 0.3 is 0 Å². The number of halogens is 1. The Labute approximate surface area is 140 Å². The van der Waals surface area contributed by atoms with E-state index in [2.05, 4.69) is 4.98 Å². The van der Waals surface area contributed by atoms with Crippen LogP contribution >= 0.6 is 11.6 Å². The van der Waals surface area contributed by atoms with Crippen LogP contribution < -0.4 is 4.90 Å². The van der Waals surface area contributed by atoms with Crippen molar-refractivity contribution >= 4 is 38.7 Å². The third-order valence-electron chi connectivity index (χ3n) is 4.37. The molecule has 2 fully saturated rings. The molecular weight excluding hydrogens is 338 g/mol. The number of benzene rings is 1. The summed E-state index contributed by atoms with van der Waals surface area (Å²) >= 11 is 5.97. The highest BCUT2D eigenvalue weighted by Crippen LogP contribution is 2.32. The molecule has 1 aromatic heterocycles. The molecule has 1 aliphatic carbocycles. The molecule has 0 N–H and O–H groups in total. The lowest BCUT2D eigenvalue weighted by molar-refractivity contribution is 0.431. The van der Waals surface area contributed by atoms with E-state index in [1.54, 1.807) is 16.4 Å². The summed E-state index contributed by atoms with van der Waals surface area (Å²) in [5, 5.41) is 0.457. The maximum absolute atomic E-state index is 12.4. The first-order chi connectivity index (χ1) is 11.0. The van der Waals surface area contributed by atoms with Gasteiger partial charge in [-0.15, -0.1) is 0 Å². The number of hydrogen-bond acceptors (Lipinski definition) is 5. The zero-order chi connectivity index (χ0) is 16.0. The van der Waals surface area contributed by atoms with Gasteiger partial charge in [-0.3, -0.25) is 0 Å². The number of hydrogen-bond donors (Lipinski definition) is 0. The minimum absolute atomic E-state index is 0.152. The third-order valence-corrected chi connectivity index (χ3v) is 7.00. The van der Waals surface area contributed by atoms with Crippen molar-refractivity contribution in [3.05, 3.63) is 23.2 Å². The van der Waals surface area contributed by atoms with Gasteiger partial charge in [0.1, 0.15) is 5.52 Å². The van der Waals surface area contributed by atoms with Crippen molar-refractivity contribution < 1.29 is 12.8 Å². The number of oxazole rings is 1. The van der Waals surface area contributed by atoms with Crippen LogP contribution in [0.1, 0.15) is 19.3 Å². The number of rotatable bonds is 3. The van der Waals surface area contributed by atoms with Gasteiger partial charge in [0.2, 0.25) is 10.0 Å². The van der Waals surface area contributed by atoms with E-state index in [0.717, 1.165) is 31.3 Å². The van der Waals surface area contributed by atoms with Gasteiger partial charge in [-0.1, -0.05) is 11.6 Å². The van der Waals surface area contributed by atoms with Crippen LogP contribution in [0.5, 0.6) is 0 Å². The zero-order valence-corrected chi connectivity index (χ0v) is 14.2. The number of fused-ring (bicyclic) bond motifs is 1. The summed E-state index contributed by atoms with van der Waals surface area (Å²) in [4.78, 5) is 6.50. The second kappa shape index (κ2) is 5.65. The average molecular weight is 356 g/mol. The van der Waals surface area contributed by atoms with Crippen molar-refractivity contribution in [1.82, 2.24) is 9.29 Å². The Morgan fingerprint density at radius 3 is 2.78 bits per heavy atom. The lowest BCUT2D eigenvalue weighted by atomic mass is 10.3. The first kappa shape index (κ1) is 15.2. The molecule has 124 valence electrons. The predicted molar refractivity (Wildman–Crippen MR) is 89.4 cm³/mol. The van der Waals surface area contributed by atoms with E-state index in [4.69, 9.17) is 16.0 Å². The number of anilines is 1. The van der Waals surface area contributed by atoms with E-state index < -0.39 is 10.0 Å². The molecule has 1 aromatic carbocycles. The summed E-state index contributed by atoms with van der Waals surface area (Å²) in [6.07, 6.45) is 2.37. The normalized spacial score (nSPS) is 20.8. The quantitative estimate of drug-likeness (QED) is 0.846. The van der Waals surface area contributed by atoms with Gasteiger partial charge < -0.3 is 9.32 Å². The van der Waals surface area contributed by atoms with E-state index in [9.17, 15) is 8.42 Å². The minimum atomic E-state index is -3.11. The second-order valence-corrected chi connectivity index (χ2v) is 8.74. The van der Waals surface area contributed by atoms with Crippen LogP contribution in [0.25, 0.3) is 11.1 Å². The van der Waals surface area contributed by atoms with Crippen LogP contribution in [0, 0.1) is 0 Å². The highest BCUT2D eigenvalue weighted by atomic mass is 35.5. The van der Waals surface area contributed by atoms with Crippen LogP contribution in [0.4, 0.5) is 6.01 Å². The smallest absolute Gasteiger partial charge is 0.298 e. The summed E-state index contributed by atoms with van der Waals surface area (Å²) in [6.45, 7) is 2.38. The van der Waals surface area contributed by atoms with Crippen molar-refractivity contribution in [2.45, 2.75) is 24.5 Å².